The van der Waals surface area contributed by atoms with Gasteiger partial charge in [-0.15, -0.1) is 0 Å². The van der Waals surface area contributed by atoms with Gasteiger partial charge in [-0.2, -0.15) is 0 Å². The molecule has 0 aliphatic carbocycles. The standard InChI is InChI=1S/C20H28FN3O2/c21-16-3-1-15(2-4-16)20(26)7-11-24(12-8-20)18(25)17-13-19(14-23-17)5-9-22-10-6-19/h1-4,17,22-23,26H,5-14H2/t17-/m0/s1. The van der Waals surface area contributed by atoms with Crippen LogP contribution in [0.15, 0.2) is 24.3 Å². The average molecular weight is 361 g/mol. The van der Waals surface area contributed by atoms with Crippen LogP contribution in [0.2, 0.25) is 0 Å². The largest absolute Gasteiger partial charge is 0.385 e. The van der Waals surface area contributed by atoms with Gasteiger partial charge in [0.05, 0.1) is 11.6 Å². The summed E-state index contributed by atoms with van der Waals surface area (Å²) < 4.78 is 13.1. The van der Waals surface area contributed by atoms with E-state index in [9.17, 15) is 14.3 Å². The number of rotatable bonds is 2. The molecule has 0 bridgehead atoms. The molecule has 1 amide bonds. The van der Waals surface area contributed by atoms with Gasteiger partial charge < -0.3 is 20.6 Å². The molecule has 5 nitrogen and oxygen atoms in total. The molecule has 1 spiro atoms. The first kappa shape index (κ1) is 17.9. The van der Waals surface area contributed by atoms with Crippen LogP contribution in [-0.2, 0) is 10.4 Å². The van der Waals surface area contributed by atoms with Crippen LogP contribution in [0.5, 0.6) is 0 Å². The molecule has 1 aromatic rings. The lowest BCUT2D eigenvalue weighted by Gasteiger charge is -2.39. The van der Waals surface area contributed by atoms with Crippen molar-refractivity contribution in [1.29, 1.82) is 0 Å². The maximum Gasteiger partial charge on any atom is 0.239 e. The molecule has 3 aliphatic rings. The fourth-order valence-corrected chi connectivity index (χ4v) is 4.80. The number of likely N-dealkylation sites (tertiary alicyclic amines) is 1. The molecule has 3 N–H and O–H groups in total. The minimum Gasteiger partial charge on any atom is -0.385 e. The zero-order valence-corrected chi connectivity index (χ0v) is 15.1. The maximum absolute atomic E-state index is 13.1. The van der Waals surface area contributed by atoms with Gasteiger partial charge >= 0.3 is 0 Å². The first-order chi connectivity index (χ1) is 12.5. The van der Waals surface area contributed by atoms with E-state index in [1.807, 2.05) is 4.90 Å². The number of amides is 1. The smallest absolute Gasteiger partial charge is 0.239 e. The monoisotopic (exact) mass is 361 g/mol. The van der Waals surface area contributed by atoms with Gasteiger partial charge in [-0.25, -0.2) is 4.39 Å². The molecule has 142 valence electrons. The average Bonchev–Trinajstić information content (AvgIpc) is 3.06. The van der Waals surface area contributed by atoms with Crippen LogP contribution in [0.1, 0.15) is 37.7 Å². The van der Waals surface area contributed by atoms with E-state index < -0.39 is 5.60 Å². The summed E-state index contributed by atoms with van der Waals surface area (Å²) in [6.07, 6.45) is 4.17. The second kappa shape index (κ2) is 6.91. The van der Waals surface area contributed by atoms with Crippen LogP contribution in [-0.4, -0.2) is 54.7 Å². The highest BCUT2D eigenvalue weighted by Gasteiger charge is 2.44. The highest BCUT2D eigenvalue weighted by atomic mass is 19.1. The van der Waals surface area contributed by atoms with E-state index in [2.05, 4.69) is 10.6 Å². The van der Waals surface area contributed by atoms with Crippen molar-refractivity contribution >= 4 is 5.91 Å². The first-order valence-electron chi connectivity index (χ1n) is 9.71. The summed E-state index contributed by atoms with van der Waals surface area (Å²) in [4.78, 5) is 14.8. The number of piperidine rings is 2. The number of aliphatic hydroxyl groups is 1. The van der Waals surface area contributed by atoms with E-state index in [0.29, 0.717) is 25.9 Å². The quantitative estimate of drug-likeness (QED) is 0.744. The topological polar surface area (TPSA) is 64.6 Å². The van der Waals surface area contributed by atoms with E-state index in [1.165, 1.54) is 12.1 Å². The van der Waals surface area contributed by atoms with Crippen LogP contribution in [0.3, 0.4) is 0 Å². The predicted octanol–water partition coefficient (Wildman–Crippen LogP) is 1.37. The SMILES string of the molecule is O=C([C@@H]1CC2(CCNCC2)CN1)N1CCC(O)(c2ccc(F)cc2)CC1. The van der Waals surface area contributed by atoms with Crippen molar-refractivity contribution in [3.63, 3.8) is 0 Å². The molecule has 3 heterocycles. The molecule has 3 aliphatic heterocycles. The summed E-state index contributed by atoms with van der Waals surface area (Å²) in [6.45, 7) is 4.09. The molecular weight excluding hydrogens is 333 g/mol. The number of halogens is 1. The molecule has 26 heavy (non-hydrogen) atoms. The Kier molecular flexibility index (Phi) is 4.75. The van der Waals surface area contributed by atoms with E-state index >= 15 is 0 Å². The van der Waals surface area contributed by atoms with E-state index in [4.69, 9.17) is 0 Å². The van der Waals surface area contributed by atoms with Crippen LogP contribution in [0.25, 0.3) is 0 Å². The van der Waals surface area contributed by atoms with Crippen molar-refractivity contribution in [2.45, 2.75) is 43.7 Å². The predicted molar refractivity (Wildman–Crippen MR) is 97.1 cm³/mol. The van der Waals surface area contributed by atoms with Crippen molar-refractivity contribution in [3.8, 4) is 0 Å². The summed E-state index contributed by atoms with van der Waals surface area (Å²) in [6, 6.07) is 5.96. The number of hydrogen-bond acceptors (Lipinski definition) is 4. The van der Waals surface area contributed by atoms with Gasteiger partial charge in [0, 0.05) is 19.6 Å². The van der Waals surface area contributed by atoms with E-state index in [0.717, 1.165) is 44.5 Å². The van der Waals surface area contributed by atoms with Gasteiger partial charge in [0.25, 0.3) is 0 Å². The molecule has 0 radical (unpaired) electrons. The second-order valence-electron chi connectivity index (χ2n) is 8.25. The van der Waals surface area contributed by atoms with Crippen molar-refractivity contribution < 1.29 is 14.3 Å². The van der Waals surface area contributed by atoms with Gasteiger partial charge in [-0.3, -0.25) is 4.79 Å². The summed E-state index contributed by atoms with van der Waals surface area (Å²) in [7, 11) is 0. The number of nitrogens with zero attached hydrogens (tertiary/aromatic N) is 1. The molecule has 4 rings (SSSR count). The zero-order valence-electron chi connectivity index (χ0n) is 15.1. The fraction of sp³-hybridized carbons (Fsp3) is 0.650. The lowest BCUT2D eigenvalue weighted by molar-refractivity contribution is -0.137. The van der Waals surface area contributed by atoms with E-state index in [1.54, 1.807) is 12.1 Å². The number of nitrogens with one attached hydrogen (secondary N) is 2. The molecule has 6 heteroatoms. The Labute approximate surface area is 154 Å². The number of carbonyl (C=O) groups is 1. The van der Waals surface area contributed by atoms with Crippen molar-refractivity contribution in [1.82, 2.24) is 15.5 Å². The summed E-state index contributed by atoms with van der Waals surface area (Å²) in [5.41, 5.74) is 0.0405. The third-order valence-corrected chi connectivity index (χ3v) is 6.61. The normalized spacial score (nSPS) is 27.6. The Morgan fingerprint density at radius 3 is 2.42 bits per heavy atom. The molecule has 1 aromatic carbocycles. The fourth-order valence-electron chi connectivity index (χ4n) is 4.80. The maximum atomic E-state index is 13.1. The first-order valence-corrected chi connectivity index (χ1v) is 9.71. The Balaban J connectivity index is 1.36. The zero-order chi connectivity index (χ0) is 18.2. The van der Waals surface area contributed by atoms with Crippen LogP contribution < -0.4 is 10.6 Å². The lowest BCUT2D eigenvalue weighted by atomic mass is 9.77. The summed E-state index contributed by atoms with van der Waals surface area (Å²) in [5, 5.41) is 17.8. The number of benzene rings is 1. The van der Waals surface area contributed by atoms with Crippen LogP contribution in [0, 0.1) is 11.2 Å². The number of hydrogen-bond donors (Lipinski definition) is 3. The van der Waals surface area contributed by atoms with Gasteiger partial charge in [0.15, 0.2) is 0 Å². The summed E-state index contributed by atoms with van der Waals surface area (Å²) in [5.74, 6) is -0.134. The molecule has 0 aromatic heterocycles. The highest BCUT2D eigenvalue weighted by Crippen LogP contribution is 2.39. The second-order valence-corrected chi connectivity index (χ2v) is 8.25. The molecule has 1 atom stereocenters. The van der Waals surface area contributed by atoms with Gasteiger partial charge in [0.2, 0.25) is 5.91 Å². The van der Waals surface area contributed by atoms with Crippen molar-refractivity contribution in [2.75, 3.05) is 32.7 Å². The Morgan fingerprint density at radius 2 is 1.77 bits per heavy atom. The Morgan fingerprint density at radius 1 is 1.12 bits per heavy atom. The minimum absolute atomic E-state index is 0.0925. The molecule has 0 unspecified atom stereocenters. The Hall–Kier alpha value is -1.50. The molecule has 0 saturated carbocycles. The highest BCUT2D eigenvalue weighted by molar-refractivity contribution is 5.82. The van der Waals surface area contributed by atoms with E-state index in [-0.39, 0.29) is 23.2 Å². The minimum atomic E-state index is -0.968. The number of carbonyl (C=O) groups excluding carboxylic acids is 1. The summed E-state index contributed by atoms with van der Waals surface area (Å²) >= 11 is 0. The van der Waals surface area contributed by atoms with Gasteiger partial charge in [0.1, 0.15) is 5.82 Å². The third-order valence-electron chi connectivity index (χ3n) is 6.61. The van der Waals surface area contributed by atoms with Crippen molar-refractivity contribution in [3.05, 3.63) is 35.6 Å². The third kappa shape index (κ3) is 3.38. The molecule has 3 saturated heterocycles. The molecule has 3 fully saturated rings. The van der Waals surface area contributed by atoms with Gasteiger partial charge in [-0.1, -0.05) is 12.1 Å². The van der Waals surface area contributed by atoms with Gasteiger partial charge in [-0.05, 0) is 68.3 Å². The van der Waals surface area contributed by atoms with Crippen molar-refractivity contribution in [2.24, 2.45) is 5.41 Å². The Bertz CT molecular complexity index is 650. The lowest BCUT2D eigenvalue weighted by Crippen LogP contribution is -2.50. The molecular formula is C20H28FN3O2. The van der Waals surface area contributed by atoms with Crippen LogP contribution >= 0.6 is 0 Å². The van der Waals surface area contributed by atoms with Crippen LogP contribution in [0.4, 0.5) is 4.39 Å².